The Morgan fingerprint density at radius 3 is 2.54 bits per heavy atom. The van der Waals surface area contributed by atoms with Gasteiger partial charge in [-0.15, -0.1) is 5.10 Å². The average molecular weight is 330 g/mol. The van der Waals surface area contributed by atoms with Gasteiger partial charge in [-0.1, -0.05) is 19.9 Å². The zero-order valence-electron chi connectivity index (χ0n) is 13.3. The molecule has 4 rings (SSSR count). The van der Waals surface area contributed by atoms with E-state index in [2.05, 4.69) is 10.2 Å². The third kappa shape index (κ3) is 1.58. The largest absolute Gasteiger partial charge is 0.481 e. The van der Waals surface area contributed by atoms with E-state index >= 15 is 0 Å². The number of fused-ring (bicyclic) bond motifs is 5. The molecule has 24 heavy (non-hydrogen) atoms. The van der Waals surface area contributed by atoms with Crippen molar-refractivity contribution in [3.05, 3.63) is 47.2 Å². The minimum absolute atomic E-state index is 0.00677. The van der Waals surface area contributed by atoms with Gasteiger partial charge in [0.1, 0.15) is 17.0 Å². The summed E-state index contributed by atoms with van der Waals surface area (Å²) < 4.78 is 28.1. The molecule has 1 saturated carbocycles. The topological polar surface area (TPSA) is 63.1 Å². The van der Waals surface area contributed by atoms with Gasteiger partial charge in [-0.05, 0) is 47.9 Å². The Morgan fingerprint density at radius 1 is 1.25 bits per heavy atom. The number of rotatable bonds is 2. The summed E-state index contributed by atoms with van der Waals surface area (Å²) in [6, 6.07) is 5.24. The highest BCUT2D eigenvalue weighted by atomic mass is 19.1. The summed E-state index contributed by atoms with van der Waals surface area (Å²) >= 11 is 0. The van der Waals surface area contributed by atoms with E-state index in [9.17, 15) is 18.7 Å². The fourth-order valence-corrected chi connectivity index (χ4v) is 4.66. The molecular formula is C18H16F2N2O2. The number of aromatic nitrogens is 2. The lowest BCUT2D eigenvalue weighted by Crippen LogP contribution is -2.43. The molecule has 4 nitrogen and oxygen atoms in total. The van der Waals surface area contributed by atoms with Crippen molar-refractivity contribution in [3.8, 4) is 11.3 Å². The molecule has 0 amide bonds. The van der Waals surface area contributed by atoms with E-state index in [0.717, 1.165) is 12.0 Å². The van der Waals surface area contributed by atoms with Gasteiger partial charge in [-0.25, -0.2) is 8.78 Å². The monoisotopic (exact) mass is 330 g/mol. The Balaban J connectivity index is 1.94. The predicted octanol–water partition coefficient (Wildman–Crippen LogP) is 3.66. The first-order chi connectivity index (χ1) is 11.3. The number of nitrogens with zero attached hydrogens (tertiary/aromatic N) is 2. The molecule has 0 aliphatic heterocycles. The second-order valence-electron chi connectivity index (χ2n) is 7.15. The first-order valence-corrected chi connectivity index (χ1v) is 7.86. The van der Waals surface area contributed by atoms with Crippen LogP contribution in [-0.4, -0.2) is 21.3 Å². The van der Waals surface area contributed by atoms with Gasteiger partial charge < -0.3 is 5.11 Å². The number of hydrogen-bond donors (Lipinski definition) is 1. The van der Waals surface area contributed by atoms with Crippen LogP contribution in [0.15, 0.2) is 24.3 Å². The molecule has 1 N–H and O–H groups in total. The Labute approximate surface area is 137 Å². The molecule has 2 aliphatic rings. The third-order valence-corrected chi connectivity index (χ3v) is 5.97. The van der Waals surface area contributed by atoms with Gasteiger partial charge in [0.15, 0.2) is 0 Å². The first-order valence-electron chi connectivity index (χ1n) is 7.86. The van der Waals surface area contributed by atoms with Gasteiger partial charge in [0, 0.05) is 0 Å². The molecule has 0 spiro atoms. The van der Waals surface area contributed by atoms with Crippen molar-refractivity contribution in [2.45, 2.75) is 38.0 Å². The molecule has 2 aliphatic carbocycles. The number of carboxylic acid groups (broad SMARTS) is 1. The Bertz CT molecular complexity index is 861. The Kier molecular flexibility index (Phi) is 2.90. The van der Waals surface area contributed by atoms with Gasteiger partial charge in [-0.2, -0.15) is 5.10 Å². The van der Waals surface area contributed by atoms with E-state index < -0.39 is 28.4 Å². The second kappa shape index (κ2) is 4.59. The number of halogens is 2. The van der Waals surface area contributed by atoms with Crippen LogP contribution in [-0.2, 0) is 10.2 Å². The van der Waals surface area contributed by atoms with Gasteiger partial charge >= 0.3 is 5.97 Å². The zero-order chi connectivity index (χ0) is 17.3. The van der Waals surface area contributed by atoms with Gasteiger partial charge in [0.05, 0.1) is 17.0 Å². The molecule has 0 radical (unpaired) electrons. The first kappa shape index (κ1) is 15.2. The average Bonchev–Trinajstić information content (AvgIpc) is 2.89. The summed E-state index contributed by atoms with van der Waals surface area (Å²) in [5, 5.41) is 17.9. The lowest BCUT2D eigenvalue weighted by Gasteiger charge is -2.33. The van der Waals surface area contributed by atoms with Crippen molar-refractivity contribution in [1.82, 2.24) is 10.2 Å². The van der Waals surface area contributed by atoms with E-state index in [-0.39, 0.29) is 17.2 Å². The molecule has 1 aromatic heterocycles. The second-order valence-corrected chi connectivity index (χ2v) is 7.15. The number of carbonyl (C=O) groups is 1. The van der Waals surface area contributed by atoms with E-state index in [1.807, 2.05) is 13.8 Å². The van der Waals surface area contributed by atoms with Crippen LogP contribution in [0.4, 0.5) is 8.78 Å². The molecule has 6 heteroatoms. The van der Waals surface area contributed by atoms with Crippen molar-refractivity contribution >= 4 is 5.97 Å². The number of benzene rings is 1. The van der Waals surface area contributed by atoms with Crippen LogP contribution in [0.5, 0.6) is 0 Å². The lowest BCUT2D eigenvalue weighted by molar-refractivity contribution is -0.147. The van der Waals surface area contributed by atoms with Gasteiger partial charge in [-0.3, -0.25) is 4.79 Å². The van der Waals surface area contributed by atoms with Crippen molar-refractivity contribution in [2.75, 3.05) is 0 Å². The number of aliphatic carboxylic acids is 1. The maximum atomic E-state index is 14.0. The van der Waals surface area contributed by atoms with Crippen molar-refractivity contribution < 1.29 is 18.7 Å². The molecule has 0 unspecified atom stereocenters. The molecule has 1 aromatic carbocycles. The molecule has 124 valence electrons. The van der Waals surface area contributed by atoms with Crippen molar-refractivity contribution in [3.63, 3.8) is 0 Å². The standard InChI is InChI=1S/C18H16F2N2O2/c1-17(2)10-6-7-18(17,16(23)24)15-9(10)8-13(21-22-15)14-11(19)4-3-5-12(14)20/h3-5,8,10H,6-7H2,1-2H3,(H,23,24)/t10-,18+/m1/s1. The van der Waals surface area contributed by atoms with Crippen LogP contribution in [0.3, 0.4) is 0 Å². The molecule has 2 aromatic rings. The number of hydrogen-bond acceptors (Lipinski definition) is 3. The van der Waals surface area contributed by atoms with Gasteiger partial charge in [0.2, 0.25) is 0 Å². The highest BCUT2D eigenvalue weighted by molar-refractivity contribution is 5.86. The summed E-state index contributed by atoms with van der Waals surface area (Å²) in [6.45, 7) is 3.84. The molecular weight excluding hydrogens is 314 g/mol. The maximum absolute atomic E-state index is 14.0. The van der Waals surface area contributed by atoms with E-state index in [0.29, 0.717) is 12.1 Å². The van der Waals surface area contributed by atoms with Crippen LogP contribution >= 0.6 is 0 Å². The van der Waals surface area contributed by atoms with Crippen molar-refractivity contribution in [2.24, 2.45) is 5.41 Å². The molecule has 0 saturated heterocycles. The highest BCUT2D eigenvalue weighted by Crippen LogP contribution is 2.67. The maximum Gasteiger partial charge on any atom is 0.316 e. The van der Waals surface area contributed by atoms with E-state index in [1.165, 1.54) is 18.2 Å². The zero-order valence-corrected chi connectivity index (χ0v) is 13.3. The molecule has 1 heterocycles. The van der Waals surface area contributed by atoms with Crippen LogP contribution in [0.1, 0.15) is 43.9 Å². The minimum Gasteiger partial charge on any atom is -0.481 e. The Morgan fingerprint density at radius 2 is 1.92 bits per heavy atom. The highest BCUT2D eigenvalue weighted by Gasteiger charge is 2.67. The van der Waals surface area contributed by atoms with E-state index in [1.54, 1.807) is 6.07 Å². The number of carboxylic acids is 1. The van der Waals surface area contributed by atoms with Crippen LogP contribution in [0.2, 0.25) is 0 Å². The minimum atomic E-state index is -1.08. The smallest absolute Gasteiger partial charge is 0.316 e. The normalized spacial score (nSPS) is 26.4. The van der Waals surface area contributed by atoms with E-state index in [4.69, 9.17) is 0 Å². The quantitative estimate of drug-likeness (QED) is 0.913. The summed E-state index contributed by atoms with van der Waals surface area (Å²) in [5.74, 6) is -2.33. The molecule has 1 fully saturated rings. The lowest BCUT2D eigenvalue weighted by atomic mass is 9.68. The summed E-state index contributed by atoms with van der Waals surface area (Å²) in [4.78, 5) is 12.0. The Hall–Kier alpha value is -2.37. The fourth-order valence-electron chi connectivity index (χ4n) is 4.66. The predicted molar refractivity (Wildman–Crippen MR) is 82.5 cm³/mol. The third-order valence-electron chi connectivity index (χ3n) is 5.97. The van der Waals surface area contributed by atoms with Crippen LogP contribution < -0.4 is 0 Å². The summed E-state index contributed by atoms with van der Waals surface area (Å²) in [5.41, 5.74) is -0.516. The molecule has 2 bridgehead atoms. The molecule has 2 atom stereocenters. The van der Waals surface area contributed by atoms with Gasteiger partial charge in [0.25, 0.3) is 0 Å². The SMILES string of the molecule is CC1(C)[C@@H]2CC[C@@]1(C(=O)O)c1nnc(-c3c(F)cccc3F)cc12. The van der Waals surface area contributed by atoms with Crippen LogP contribution in [0.25, 0.3) is 11.3 Å². The fraction of sp³-hybridized carbons (Fsp3) is 0.389. The summed E-state index contributed by atoms with van der Waals surface area (Å²) in [7, 11) is 0. The van der Waals surface area contributed by atoms with Crippen LogP contribution in [0, 0.1) is 17.0 Å². The van der Waals surface area contributed by atoms with Crippen molar-refractivity contribution in [1.29, 1.82) is 0 Å². The summed E-state index contributed by atoms with van der Waals surface area (Å²) in [6.07, 6.45) is 1.23.